The van der Waals surface area contributed by atoms with Crippen molar-refractivity contribution in [2.45, 2.75) is 23.6 Å². The molecular weight excluding hydrogens is 316 g/mol. The van der Waals surface area contributed by atoms with Crippen molar-refractivity contribution in [3.05, 3.63) is 70.7 Å². The number of hydrogen-bond donors (Lipinski definition) is 0. The maximum Gasteiger partial charge on any atom is 0.161 e. The van der Waals surface area contributed by atoms with Crippen LogP contribution >= 0.6 is 15.9 Å². The van der Waals surface area contributed by atoms with Crippen molar-refractivity contribution in [2.75, 3.05) is 5.75 Å². The van der Waals surface area contributed by atoms with Crippen molar-refractivity contribution in [3.63, 3.8) is 0 Å². The lowest BCUT2D eigenvalue weighted by atomic mass is 10.2. The van der Waals surface area contributed by atoms with E-state index in [2.05, 4.69) is 84.9 Å². The Morgan fingerprint density at radius 2 is 1.26 bits per heavy atom. The maximum absolute atomic E-state index is 4.00. The van der Waals surface area contributed by atoms with Crippen molar-refractivity contribution < 1.29 is 0 Å². The standard InChI is InChI=1S/C17H18BrS/c1-13-4-8-16(9-5-13)19(12-15(3)18)17-10-6-14(2)7-11-17/h4-11H,3,12H2,1-2H3/q+1. The van der Waals surface area contributed by atoms with Gasteiger partial charge in [-0.3, -0.25) is 0 Å². The van der Waals surface area contributed by atoms with Crippen molar-refractivity contribution in [2.24, 2.45) is 0 Å². The third-order valence-corrected chi connectivity index (χ3v) is 5.88. The monoisotopic (exact) mass is 333 g/mol. The molecule has 0 amide bonds. The molecule has 0 unspecified atom stereocenters. The Morgan fingerprint density at radius 3 is 1.58 bits per heavy atom. The number of rotatable bonds is 4. The molecule has 0 fully saturated rings. The van der Waals surface area contributed by atoms with Gasteiger partial charge in [-0.1, -0.05) is 57.9 Å². The Labute approximate surface area is 127 Å². The van der Waals surface area contributed by atoms with Crippen LogP contribution in [0, 0.1) is 13.8 Å². The first-order chi connectivity index (χ1) is 9.06. The molecule has 0 aromatic heterocycles. The molecule has 2 aromatic rings. The molecule has 0 aliphatic rings. The average molecular weight is 334 g/mol. The molecule has 2 aromatic carbocycles. The van der Waals surface area contributed by atoms with E-state index in [1.165, 1.54) is 20.9 Å². The molecule has 0 spiro atoms. The van der Waals surface area contributed by atoms with Crippen LogP contribution in [-0.4, -0.2) is 5.75 Å². The van der Waals surface area contributed by atoms with Crippen molar-refractivity contribution >= 4 is 26.8 Å². The molecule has 0 radical (unpaired) electrons. The van der Waals surface area contributed by atoms with Crippen LogP contribution in [0.25, 0.3) is 0 Å². The van der Waals surface area contributed by atoms with Crippen LogP contribution < -0.4 is 0 Å². The first-order valence-electron chi connectivity index (χ1n) is 6.24. The second-order valence-corrected chi connectivity index (χ2v) is 7.81. The Bertz CT molecular complexity index is 509. The van der Waals surface area contributed by atoms with E-state index in [0.29, 0.717) is 0 Å². The van der Waals surface area contributed by atoms with Gasteiger partial charge in [0.05, 0.1) is 10.9 Å². The van der Waals surface area contributed by atoms with Gasteiger partial charge < -0.3 is 0 Å². The van der Waals surface area contributed by atoms with E-state index in [-0.39, 0.29) is 10.9 Å². The van der Waals surface area contributed by atoms with Crippen LogP contribution in [0.15, 0.2) is 69.4 Å². The van der Waals surface area contributed by atoms with E-state index in [1.54, 1.807) is 0 Å². The highest BCUT2D eigenvalue weighted by atomic mass is 79.9. The molecule has 2 rings (SSSR count). The normalized spacial score (nSPS) is 10.7. The number of aryl methyl sites for hydroxylation is 2. The van der Waals surface area contributed by atoms with Gasteiger partial charge in [0.2, 0.25) is 0 Å². The molecule has 98 valence electrons. The largest absolute Gasteiger partial charge is 0.161 e. The first-order valence-corrected chi connectivity index (χ1v) is 8.42. The van der Waals surface area contributed by atoms with Crippen LogP contribution in [0.4, 0.5) is 0 Å². The van der Waals surface area contributed by atoms with E-state index >= 15 is 0 Å². The zero-order valence-corrected chi connectivity index (χ0v) is 13.7. The summed E-state index contributed by atoms with van der Waals surface area (Å²) in [5.74, 6) is 0.951. The highest BCUT2D eigenvalue weighted by Gasteiger charge is 2.25. The molecule has 0 saturated carbocycles. The van der Waals surface area contributed by atoms with Gasteiger partial charge in [-0.05, 0) is 38.1 Å². The Kier molecular flexibility index (Phi) is 4.89. The minimum absolute atomic E-state index is 0.0557. The second kappa shape index (κ2) is 6.44. The van der Waals surface area contributed by atoms with Crippen LogP contribution in [0.3, 0.4) is 0 Å². The van der Waals surface area contributed by atoms with Crippen molar-refractivity contribution in [3.8, 4) is 0 Å². The lowest BCUT2D eigenvalue weighted by Crippen LogP contribution is -2.08. The summed E-state index contributed by atoms with van der Waals surface area (Å²) in [7, 11) is 0.0557. The summed E-state index contributed by atoms with van der Waals surface area (Å²) >= 11 is 3.51. The predicted molar refractivity (Wildman–Crippen MR) is 89.2 cm³/mol. The van der Waals surface area contributed by atoms with Gasteiger partial charge in [-0.15, -0.1) is 0 Å². The van der Waals surface area contributed by atoms with Crippen molar-refractivity contribution in [1.82, 2.24) is 0 Å². The summed E-state index contributed by atoms with van der Waals surface area (Å²) in [6.07, 6.45) is 0. The minimum atomic E-state index is 0.0557. The van der Waals surface area contributed by atoms with Crippen LogP contribution in [0.1, 0.15) is 11.1 Å². The zero-order valence-electron chi connectivity index (χ0n) is 11.3. The quantitative estimate of drug-likeness (QED) is 0.670. The molecule has 0 bridgehead atoms. The smallest absolute Gasteiger partial charge is 0.0841 e. The molecule has 2 heteroatoms. The van der Waals surface area contributed by atoms with Crippen LogP contribution in [-0.2, 0) is 10.9 Å². The highest BCUT2D eigenvalue weighted by molar-refractivity contribution is 9.11. The van der Waals surface area contributed by atoms with Gasteiger partial charge >= 0.3 is 0 Å². The Balaban J connectivity index is 2.37. The molecule has 0 aliphatic heterocycles. The lowest BCUT2D eigenvalue weighted by Gasteiger charge is -2.08. The SMILES string of the molecule is C=C(Br)C[S+](c1ccc(C)cc1)c1ccc(C)cc1. The summed E-state index contributed by atoms with van der Waals surface area (Å²) in [5, 5.41) is 0. The summed E-state index contributed by atoms with van der Waals surface area (Å²) in [4.78, 5) is 2.74. The number of benzene rings is 2. The molecule has 19 heavy (non-hydrogen) atoms. The summed E-state index contributed by atoms with van der Waals surface area (Å²) in [5.41, 5.74) is 2.60. The van der Waals surface area contributed by atoms with E-state index in [0.717, 1.165) is 10.2 Å². The van der Waals surface area contributed by atoms with E-state index in [4.69, 9.17) is 0 Å². The van der Waals surface area contributed by atoms with Crippen LogP contribution in [0.2, 0.25) is 0 Å². The molecule has 0 heterocycles. The maximum atomic E-state index is 4.00. The van der Waals surface area contributed by atoms with Gasteiger partial charge in [-0.2, -0.15) is 0 Å². The van der Waals surface area contributed by atoms with E-state index in [1.807, 2.05) is 0 Å². The van der Waals surface area contributed by atoms with Gasteiger partial charge in [0.25, 0.3) is 0 Å². The fraction of sp³-hybridized carbons (Fsp3) is 0.176. The topological polar surface area (TPSA) is 0 Å². The van der Waals surface area contributed by atoms with Crippen molar-refractivity contribution in [1.29, 1.82) is 0 Å². The first kappa shape index (κ1) is 14.4. The van der Waals surface area contributed by atoms with Gasteiger partial charge in [0, 0.05) is 4.48 Å². The Hall–Kier alpha value is -0.990. The summed E-state index contributed by atoms with van der Waals surface area (Å²) < 4.78 is 1.05. The molecular formula is C17H18BrS+. The average Bonchev–Trinajstić information content (AvgIpc) is 2.38. The highest BCUT2D eigenvalue weighted by Crippen LogP contribution is 2.27. The van der Waals surface area contributed by atoms with E-state index < -0.39 is 0 Å². The van der Waals surface area contributed by atoms with E-state index in [9.17, 15) is 0 Å². The van der Waals surface area contributed by atoms with Gasteiger partial charge in [-0.25, -0.2) is 0 Å². The predicted octanol–water partition coefficient (Wildman–Crippen LogP) is 5.25. The summed E-state index contributed by atoms with van der Waals surface area (Å²) in [6.45, 7) is 8.25. The van der Waals surface area contributed by atoms with Crippen LogP contribution in [0.5, 0.6) is 0 Å². The van der Waals surface area contributed by atoms with Gasteiger partial charge in [0.15, 0.2) is 9.79 Å². The van der Waals surface area contributed by atoms with Gasteiger partial charge in [0.1, 0.15) is 5.75 Å². The fourth-order valence-corrected chi connectivity index (χ4v) is 4.40. The third-order valence-electron chi connectivity index (χ3n) is 2.91. The molecule has 0 nitrogen and oxygen atoms in total. The molecule has 0 saturated heterocycles. The number of hydrogen-bond acceptors (Lipinski definition) is 0. The fourth-order valence-electron chi connectivity index (χ4n) is 1.86. The molecule has 0 atom stereocenters. The zero-order chi connectivity index (χ0) is 13.8. The molecule has 0 aliphatic carbocycles. The number of halogens is 1. The second-order valence-electron chi connectivity index (χ2n) is 4.68. The third kappa shape index (κ3) is 3.99. The Morgan fingerprint density at radius 1 is 0.895 bits per heavy atom. The summed E-state index contributed by atoms with van der Waals surface area (Å²) in [6, 6.07) is 17.6. The lowest BCUT2D eigenvalue weighted by molar-refractivity contribution is 1.31. The molecule has 0 N–H and O–H groups in total. The minimum Gasteiger partial charge on any atom is -0.0841 e.